The largest absolute Gasteiger partial charge is 0.354 e. The molecule has 1 aromatic carbocycles. The smallest absolute Gasteiger partial charge is 0.223 e. The van der Waals surface area contributed by atoms with Crippen LogP contribution in [-0.2, 0) is 0 Å². The normalized spacial score (nSPS) is 10.4. The van der Waals surface area contributed by atoms with Crippen LogP contribution in [0.25, 0.3) is 11.3 Å². The predicted octanol–water partition coefficient (Wildman–Crippen LogP) is 3.41. The van der Waals surface area contributed by atoms with Crippen LogP contribution in [0.3, 0.4) is 0 Å². The Hall–Kier alpha value is -1.97. The maximum atomic E-state index is 13.1. The van der Waals surface area contributed by atoms with Crippen LogP contribution >= 0.6 is 0 Å². The van der Waals surface area contributed by atoms with E-state index in [1.54, 1.807) is 12.3 Å². The van der Waals surface area contributed by atoms with Crippen molar-refractivity contribution in [1.82, 2.24) is 9.97 Å². The third-order valence-corrected chi connectivity index (χ3v) is 2.65. The first-order valence-electron chi connectivity index (χ1n) is 6.04. The van der Waals surface area contributed by atoms with E-state index >= 15 is 0 Å². The van der Waals surface area contributed by atoms with Gasteiger partial charge >= 0.3 is 0 Å². The third-order valence-electron chi connectivity index (χ3n) is 2.65. The highest BCUT2D eigenvalue weighted by molar-refractivity contribution is 5.64. The number of nitrogens with zero attached hydrogens (tertiary/aromatic N) is 2. The summed E-state index contributed by atoms with van der Waals surface area (Å²) in [5, 5.41) is 3.14. The van der Waals surface area contributed by atoms with Gasteiger partial charge in [-0.3, -0.25) is 0 Å². The van der Waals surface area contributed by atoms with Crippen molar-refractivity contribution < 1.29 is 4.39 Å². The van der Waals surface area contributed by atoms with E-state index in [4.69, 9.17) is 0 Å². The molecule has 0 spiro atoms. The Morgan fingerprint density at radius 3 is 2.83 bits per heavy atom. The molecule has 94 valence electrons. The topological polar surface area (TPSA) is 37.8 Å². The lowest BCUT2D eigenvalue weighted by Crippen LogP contribution is -2.04. The number of hydrogen-bond acceptors (Lipinski definition) is 3. The minimum atomic E-state index is -0.227. The summed E-state index contributed by atoms with van der Waals surface area (Å²) in [5.41, 5.74) is 2.61. The molecule has 0 amide bonds. The predicted molar refractivity (Wildman–Crippen MR) is 70.9 cm³/mol. The summed E-state index contributed by atoms with van der Waals surface area (Å²) in [5.74, 6) is 0.382. The van der Waals surface area contributed by atoms with Crippen molar-refractivity contribution in [2.75, 3.05) is 11.9 Å². The van der Waals surface area contributed by atoms with Crippen molar-refractivity contribution in [2.45, 2.75) is 20.3 Å². The highest BCUT2D eigenvalue weighted by atomic mass is 19.1. The van der Waals surface area contributed by atoms with Crippen molar-refractivity contribution in [3.05, 3.63) is 41.8 Å². The summed E-state index contributed by atoms with van der Waals surface area (Å²) in [6.45, 7) is 4.80. The zero-order chi connectivity index (χ0) is 13.0. The average molecular weight is 245 g/mol. The number of aromatic nitrogens is 2. The lowest BCUT2D eigenvalue weighted by Gasteiger charge is -2.07. The molecule has 0 bridgehead atoms. The molecule has 1 N–H and O–H groups in total. The van der Waals surface area contributed by atoms with Gasteiger partial charge in [-0.25, -0.2) is 14.4 Å². The van der Waals surface area contributed by atoms with E-state index in [0.29, 0.717) is 5.95 Å². The summed E-state index contributed by atoms with van der Waals surface area (Å²) in [6, 6.07) is 6.54. The van der Waals surface area contributed by atoms with E-state index in [1.807, 2.05) is 13.0 Å². The molecule has 3 nitrogen and oxygen atoms in total. The Bertz CT molecular complexity index is 540. The Morgan fingerprint density at radius 1 is 1.28 bits per heavy atom. The Labute approximate surface area is 106 Å². The van der Waals surface area contributed by atoms with Gasteiger partial charge in [-0.15, -0.1) is 0 Å². The number of anilines is 1. The molecule has 0 atom stereocenters. The van der Waals surface area contributed by atoms with E-state index in [0.717, 1.165) is 29.8 Å². The zero-order valence-corrected chi connectivity index (χ0v) is 10.6. The summed E-state index contributed by atoms with van der Waals surface area (Å²) >= 11 is 0. The molecule has 4 heteroatoms. The van der Waals surface area contributed by atoms with E-state index in [-0.39, 0.29) is 5.82 Å². The molecule has 0 saturated carbocycles. The van der Waals surface area contributed by atoms with Crippen molar-refractivity contribution in [3.8, 4) is 11.3 Å². The van der Waals surface area contributed by atoms with Crippen LogP contribution in [0.1, 0.15) is 18.9 Å². The maximum absolute atomic E-state index is 13.1. The van der Waals surface area contributed by atoms with Crippen LogP contribution < -0.4 is 5.32 Å². The first kappa shape index (κ1) is 12.5. The fourth-order valence-electron chi connectivity index (χ4n) is 1.75. The quantitative estimate of drug-likeness (QED) is 0.897. The van der Waals surface area contributed by atoms with Crippen LogP contribution in [0, 0.1) is 12.7 Å². The summed E-state index contributed by atoms with van der Waals surface area (Å²) in [6.07, 6.45) is 2.73. The molecule has 0 saturated heterocycles. The second-order valence-electron chi connectivity index (χ2n) is 4.15. The average Bonchev–Trinajstić information content (AvgIpc) is 2.36. The molecule has 1 heterocycles. The number of hydrogen-bond donors (Lipinski definition) is 1. The van der Waals surface area contributed by atoms with Gasteiger partial charge in [0.15, 0.2) is 0 Å². The Balaban J connectivity index is 2.32. The molecule has 0 aliphatic heterocycles. The molecule has 0 fully saturated rings. The van der Waals surface area contributed by atoms with Crippen LogP contribution in [0.15, 0.2) is 30.5 Å². The SMILES string of the molecule is CCCNc1nccc(-c2ccc(F)cc2C)n1. The third kappa shape index (κ3) is 2.83. The van der Waals surface area contributed by atoms with E-state index in [1.165, 1.54) is 12.1 Å². The fourth-order valence-corrected chi connectivity index (χ4v) is 1.75. The molecule has 0 aliphatic carbocycles. The van der Waals surface area contributed by atoms with Gasteiger partial charge in [0.2, 0.25) is 5.95 Å². The van der Waals surface area contributed by atoms with Gasteiger partial charge in [-0.05, 0) is 43.2 Å². The van der Waals surface area contributed by atoms with Crippen LogP contribution in [0.4, 0.5) is 10.3 Å². The highest BCUT2D eigenvalue weighted by Gasteiger charge is 2.05. The second kappa shape index (κ2) is 5.58. The van der Waals surface area contributed by atoms with E-state index in [2.05, 4.69) is 22.2 Å². The summed E-state index contributed by atoms with van der Waals surface area (Å²) in [4.78, 5) is 8.58. The standard InChI is InChI=1S/C14H16FN3/c1-3-7-16-14-17-8-6-13(18-14)12-5-4-11(15)9-10(12)2/h4-6,8-9H,3,7H2,1-2H3,(H,16,17,18). The number of halogens is 1. The second-order valence-corrected chi connectivity index (χ2v) is 4.15. The first-order valence-corrected chi connectivity index (χ1v) is 6.04. The molecule has 0 unspecified atom stereocenters. The van der Waals surface area contributed by atoms with E-state index < -0.39 is 0 Å². The highest BCUT2D eigenvalue weighted by Crippen LogP contribution is 2.22. The van der Waals surface area contributed by atoms with Gasteiger partial charge in [-0.2, -0.15) is 0 Å². The van der Waals surface area contributed by atoms with E-state index in [9.17, 15) is 4.39 Å². The number of benzene rings is 1. The van der Waals surface area contributed by atoms with Gasteiger partial charge in [0.1, 0.15) is 5.82 Å². The zero-order valence-electron chi connectivity index (χ0n) is 10.6. The minimum absolute atomic E-state index is 0.227. The van der Waals surface area contributed by atoms with Crippen LogP contribution in [-0.4, -0.2) is 16.5 Å². The minimum Gasteiger partial charge on any atom is -0.354 e. The number of rotatable bonds is 4. The molecule has 2 aromatic rings. The van der Waals surface area contributed by atoms with Crippen molar-refractivity contribution >= 4 is 5.95 Å². The first-order chi connectivity index (χ1) is 8.70. The van der Waals surface area contributed by atoms with Crippen molar-refractivity contribution in [2.24, 2.45) is 0 Å². The Morgan fingerprint density at radius 2 is 2.11 bits per heavy atom. The molecule has 18 heavy (non-hydrogen) atoms. The monoisotopic (exact) mass is 245 g/mol. The van der Waals surface area contributed by atoms with Gasteiger partial charge in [0.25, 0.3) is 0 Å². The number of aryl methyl sites for hydroxylation is 1. The van der Waals surface area contributed by atoms with Gasteiger partial charge in [0, 0.05) is 18.3 Å². The lowest BCUT2D eigenvalue weighted by molar-refractivity contribution is 0.627. The molecule has 1 aromatic heterocycles. The van der Waals surface area contributed by atoms with Crippen molar-refractivity contribution in [3.63, 3.8) is 0 Å². The van der Waals surface area contributed by atoms with Gasteiger partial charge in [0.05, 0.1) is 5.69 Å². The molecule has 0 aliphatic rings. The summed E-state index contributed by atoms with van der Waals surface area (Å²) in [7, 11) is 0. The fraction of sp³-hybridized carbons (Fsp3) is 0.286. The van der Waals surface area contributed by atoms with Crippen molar-refractivity contribution in [1.29, 1.82) is 0 Å². The lowest BCUT2D eigenvalue weighted by atomic mass is 10.1. The molecule has 0 radical (unpaired) electrons. The maximum Gasteiger partial charge on any atom is 0.223 e. The molecular formula is C14H16FN3. The Kier molecular flexibility index (Phi) is 3.87. The molecule has 2 rings (SSSR count). The van der Waals surface area contributed by atoms with Gasteiger partial charge in [-0.1, -0.05) is 6.92 Å². The van der Waals surface area contributed by atoms with Crippen LogP contribution in [0.2, 0.25) is 0 Å². The van der Waals surface area contributed by atoms with Crippen LogP contribution in [0.5, 0.6) is 0 Å². The van der Waals surface area contributed by atoms with Gasteiger partial charge < -0.3 is 5.32 Å². The number of nitrogens with one attached hydrogen (secondary N) is 1. The summed E-state index contributed by atoms with van der Waals surface area (Å²) < 4.78 is 13.1. The molecular weight excluding hydrogens is 229 g/mol.